The van der Waals surface area contributed by atoms with Gasteiger partial charge in [0, 0.05) is 6.54 Å². The molecule has 0 unspecified atom stereocenters. The molecular formula is C16H25NO4. The lowest BCUT2D eigenvalue weighted by Crippen LogP contribution is -2.42. The lowest BCUT2D eigenvalue weighted by atomic mass is 9.82. The van der Waals surface area contributed by atoms with Gasteiger partial charge in [0.25, 0.3) is 0 Å². The Morgan fingerprint density at radius 1 is 1.05 bits per heavy atom. The minimum atomic E-state index is -0.952. The van der Waals surface area contributed by atoms with E-state index >= 15 is 0 Å². The number of hydrogen-bond donors (Lipinski definition) is 2. The molecule has 0 spiro atoms. The summed E-state index contributed by atoms with van der Waals surface area (Å²) in [6.45, 7) is 2.81. The predicted molar refractivity (Wildman–Crippen MR) is 78.8 cm³/mol. The van der Waals surface area contributed by atoms with Crippen LogP contribution in [-0.2, 0) is 14.3 Å². The molecule has 2 aliphatic rings. The lowest BCUT2D eigenvalue weighted by Gasteiger charge is -2.20. The van der Waals surface area contributed by atoms with E-state index in [4.69, 9.17) is 4.74 Å². The Labute approximate surface area is 125 Å². The molecule has 2 rings (SSSR count). The molecule has 5 nitrogen and oxygen atoms in total. The molecule has 0 aromatic heterocycles. The number of carbonyl (C=O) groups is 2. The highest BCUT2D eigenvalue weighted by Crippen LogP contribution is 2.39. The molecule has 1 fully saturated rings. The van der Waals surface area contributed by atoms with Gasteiger partial charge in [0.1, 0.15) is 5.92 Å². The lowest BCUT2D eigenvalue weighted by molar-refractivity contribution is -0.146. The number of amides is 1. The maximum Gasteiger partial charge on any atom is 0.310 e. The summed E-state index contributed by atoms with van der Waals surface area (Å²) in [6, 6.07) is 0. The number of unbranched alkanes of at least 4 members (excludes halogenated alkanes) is 5. The van der Waals surface area contributed by atoms with E-state index in [-0.39, 0.29) is 12.0 Å². The van der Waals surface area contributed by atoms with E-state index in [1.54, 1.807) is 12.2 Å². The molecule has 1 saturated heterocycles. The molecule has 4 atom stereocenters. The van der Waals surface area contributed by atoms with Gasteiger partial charge >= 0.3 is 5.97 Å². The molecule has 5 heteroatoms. The van der Waals surface area contributed by atoms with Crippen molar-refractivity contribution in [2.24, 2.45) is 11.8 Å². The Bertz CT molecular complexity index is 407. The summed E-state index contributed by atoms with van der Waals surface area (Å²) in [5.41, 5.74) is 0. The van der Waals surface area contributed by atoms with Crippen LogP contribution < -0.4 is 5.32 Å². The first-order valence-electron chi connectivity index (χ1n) is 7.99. The number of ether oxygens (including phenoxy) is 1. The SMILES string of the molecule is CCCCCCCCNC(=O)[C@@H]1[C@@H](C(=O)O)[C@@H]2C=C[C@@H]1O2. The first-order valence-corrected chi connectivity index (χ1v) is 7.99. The third-order valence-electron chi connectivity index (χ3n) is 4.32. The summed E-state index contributed by atoms with van der Waals surface area (Å²) in [7, 11) is 0. The van der Waals surface area contributed by atoms with Gasteiger partial charge in [-0.1, -0.05) is 51.2 Å². The number of carboxylic acids is 1. The monoisotopic (exact) mass is 295 g/mol. The van der Waals surface area contributed by atoms with E-state index in [1.807, 2.05) is 0 Å². The fourth-order valence-electron chi connectivity index (χ4n) is 3.15. The van der Waals surface area contributed by atoms with Crippen molar-refractivity contribution in [1.82, 2.24) is 5.32 Å². The van der Waals surface area contributed by atoms with Gasteiger partial charge in [-0.25, -0.2) is 0 Å². The van der Waals surface area contributed by atoms with Gasteiger partial charge in [-0.2, -0.15) is 0 Å². The van der Waals surface area contributed by atoms with Crippen molar-refractivity contribution in [2.45, 2.75) is 57.7 Å². The summed E-state index contributed by atoms with van der Waals surface area (Å²) in [5.74, 6) is -2.47. The topological polar surface area (TPSA) is 75.6 Å². The van der Waals surface area contributed by atoms with Gasteiger partial charge in [-0.15, -0.1) is 0 Å². The summed E-state index contributed by atoms with van der Waals surface area (Å²) < 4.78 is 5.50. The highest BCUT2D eigenvalue weighted by atomic mass is 16.5. The Kier molecular flexibility index (Phi) is 5.79. The molecule has 0 aliphatic carbocycles. The van der Waals surface area contributed by atoms with Crippen molar-refractivity contribution < 1.29 is 19.4 Å². The second-order valence-corrected chi connectivity index (χ2v) is 5.90. The Balaban J connectivity index is 1.71. The largest absolute Gasteiger partial charge is 0.481 e. The Morgan fingerprint density at radius 3 is 2.33 bits per heavy atom. The van der Waals surface area contributed by atoms with Crippen LogP contribution in [-0.4, -0.2) is 35.7 Å². The van der Waals surface area contributed by atoms with E-state index < -0.39 is 23.9 Å². The van der Waals surface area contributed by atoms with Gasteiger partial charge < -0.3 is 15.2 Å². The van der Waals surface area contributed by atoms with Crippen molar-refractivity contribution >= 4 is 11.9 Å². The van der Waals surface area contributed by atoms with Gasteiger partial charge in [-0.3, -0.25) is 9.59 Å². The molecule has 0 aromatic rings. The van der Waals surface area contributed by atoms with Crippen LogP contribution in [0.5, 0.6) is 0 Å². The third kappa shape index (κ3) is 3.84. The van der Waals surface area contributed by atoms with Crippen LogP contribution in [0.1, 0.15) is 45.4 Å². The zero-order valence-corrected chi connectivity index (χ0v) is 12.6. The molecule has 118 valence electrons. The van der Waals surface area contributed by atoms with Gasteiger partial charge in [0.2, 0.25) is 5.91 Å². The van der Waals surface area contributed by atoms with E-state index in [9.17, 15) is 14.7 Å². The Hall–Kier alpha value is -1.36. The molecule has 1 amide bonds. The van der Waals surface area contributed by atoms with Gasteiger partial charge in [-0.05, 0) is 6.42 Å². The minimum Gasteiger partial charge on any atom is -0.481 e. The number of fused-ring (bicyclic) bond motifs is 2. The molecule has 2 heterocycles. The van der Waals surface area contributed by atoms with Gasteiger partial charge in [0.15, 0.2) is 0 Å². The van der Waals surface area contributed by atoms with Crippen LogP contribution in [0.3, 0.4) is 0 Å². The normalized spacial score (nSPS) is 29.8. The van der Waals surface area contributed by atoms with E-state index in [0.29, 0.717) is 6.54 Å². The molecule has 0 radical (unpaired) electrons. The smallest absolute Gasteiger partial charge is 0.310 e. The maximum absolute atomic E-state index is 12.2. The summed E-state index contributed by atoms with van der Waals surface area (Å²) in [5, 5.41) is 12.1. The first kappa shape index (κ1) is 16.0. The number of hydrogen-bond acceptors (Lipinski definition) is 3. The van der Waals surface area contributed by atoms with Crippen LogP contribution in [0.25, 0.3) is 0 Å². The summed E-state index contributed by atoms with van der Waals surface area (Å²) >= 11 is 0. The second kappa shape index (κ2) is 7.59. The number of rotatable bonds is 9. The number of carboxylic acid groups (broad SMARTS) is 1. The standard InChI is InChI=1S/C16H25NO4/c1-2-3-4-5-6-7-10-17-15(18)13-11-8-9-12(21-11)14(13)16(19)20/h8-9,11-14H,2-7,10H2,1H3,(H,17,18)(H,19,20)/t11-,12-,13-,14-/m0/s1. The summed E-state index contributed by atoms with van der Waals surface area (Å²) in [4.78, 5) is 23.5. The van der Waals surface area contributed by atoms with E-state index in [1.165, 1.54) is 25.7 Å². The molecule has 21 heavy (non-hydrogen) atoms. The summed E-state index contributed by atoms with van der Waals surface area (Å²) in [6.07, 6.45) is 9.73. The van der Waals surface area contributed by atoms with Crippen molar-refractivity contribution in [3.63, 3.8) is 0 Å². The van der Waals surface area contributed by atoms with Crippen molar-refractivity contribution in [2.75, 3.05) is 6.54 Å². The van der Waals surface area contributed by atoms with E-state index in [2.05, 4.69) is 12.2 Å². The van der Waals surface area contributed by atoms with Crippen LogP contribution >= 0.6 is 0 Å². The van der Waals surface area contributed by atoms with Crippen molar-refractivity contribution in [3.05, 3.63) is 12.2 Å². The fourth-order valence-corrected chi connectivity index (χ4v) is 3.15. The second-order valence-electron chi connectivity index (χ2n) is 5.90. The highest BCUT2D eigenvalue weighted by Gasteiger charge is 2.52. The third-order valence-corrected chi connectivity index (χ3v) is 4.32. The average Bonchev–Trinajstić information content (AvgIpc) is 3.06. The Morgan fingerprint density at radius 2 is 1.67 bits per heavy atom. The molecule has 2 N–H and O–H groups in total. The fraction of sp³-hybridized carbons (Fsp3) is 0.750. The average molecular weight is 295 g/mol. The van der Waals surface area contributed by atoms with Crippen LogP contribution in [0.15, 0.2) is 12.2 Å². The van der Waals surface area contributed by atoms with Crippen molar-refractivity contribution in [1.29, 1.82) is 0 Å². The van der Waals surface area contributed by atoms with Crippen LogP contribution in [0.2, 0.25) is 0 Å². The number of aliphatic carboxylic acids is 1. The molecule has 2 aliphatic heterocycles. The first-order chi connectivity index (χ1) is 10.1. The quantitative estimate of drug-likeness (QED) is 0.504. The maximum atomic E-state index is 12.2. The zero-order valence-electron chi connectivity index (χ0n) is 12.6. The zero-order chi connectivity index (χ0) is 15.2. The van der Waals surface area contributed by atoms with Crippen molar-refractivity contribution in [3.8, 4) is 0 Å². The minimum absolute atomic E-state index is 0.187. The molecular weight excluding hydrogens is 270 g/mol. The molecule has 0 saturated carbocycles. The van der Waals surface area contributed by atoms with Crippen LogP contribution in [0.4, 0.5) is 0 Å². The van der Waals surface area contributed by atoms with Gasteiger partial charge in [0.05, 0.1) is 18.1 Å². The predicted octanol–water partition coefficient (Wildman–Crippen LogP) is 2.12. The van der Waals surface area contributed by atoms with E-state index in [0.717, 1.165) is 12.8 Å². The molecule has 0 aromatic carbocycles. The van der Waals surface area contributed by atoms with Crippen LogP contribution in [0, 0.1) is 11.8 Å². The number of carbonyl (C=O) groups excluding carboxylic acids is 1. The number of nitrogens with one attached hydrogen (secondary N) is 1. The highest BCUT2D eigenvalue weighted by molar-refractivity contribution is 5.87. The molecule has 2 bridgehead atoms.